The Balaban J connectivity index is 4.35. The molecule has 1 unspecified atom stereocenters. The van der Waals surface area contributed by atoms with Crippen molar-refractivity contribution in [1.29, 1.82) is 0 Å². The van der Waals surface area contributed by atoms with E-state index in [0.717, 1.165) is 57.9 Å². The molecule has 0 aromatic heterocycles. The van der Waals surface area contributed by atoms with Crippen LogP contribution in [0.1, 0.15) is 162 Å². The topological polar surface area (TPSA) is 108 Å². The van der Waals surface area contributed by atoms with Gasteiger partial charge in [-0.3, -0.25) is 14.4 Å². The average Bonchev–Trinajstić information content (AvgIpc) is 2.99. The van der Waals surface area contributed by atoms with Crippen molar-refractivity contribution in [2.75, 3.05) is 40.5 Å². The van der Waals surface area contributed by atoms with Gasteiger partial charge in [-0.05, 0) is 38.5 Å². The number of aliphatic hydroxyl groups is 1. The molecule has 0 heterocycles. The maximum Gasteiger partial charge on any atom is 0.242 e. The van der Waals surface area contributed by atoms with Crippen LogP contribution < -0.4 is 16.0 Å². The number of hydrogen-bond acceptors (Lipinski definition) is 4. The van der Waals surface area contributed by atoms with E-state index < -0.39 is 6.04 Å². The van der Waals surface area contributed by atoms with Crippen molar-refractivity contribution < 1.29 is 24.0 Å². The molecule has 0 saturated carbocycles. The van der Waals surface area contributed by atoms with Gasteiger partial charge in [0.2, 0.25) is 17.7 Å². The molecule has 43 heavy (non-hydrogen) atoms. The second-order valence-electron chi connectivity index (χ2n) is 13.2. The van der Waals surface area contributed by atoms with E-state index in [9.17, 15) is 19.5 Å². The lowest BCUT2D eigenvalue weighted by Crippen LogP contribution is -2.47. The second kappa shape index (κ2) is 29.1. The van der Waals surface area contributed by atoms with Crippen LogP contribution in [0.2, 0.25) is 0 Å². The van der Waals surface area contributed by atoms with Gasteiger partial charge >= 0.3 is 0 Å². The Morgan fingerprint density at radius 2 is 1.05 bits per heavy atom. The van der Waals surface area contributed by atoms with Crippen LogP contribution >= 0.6 is 0 Å². The van der Waals surface area contributed by atoms with E-state index in [1.807, 2.05) is 0 Å². The van der Waals surface area contributed by atoms with Gasteiger partial charge in [0.25, 0.3) is 0 Å². The number of carbonyl (C=O) groups excluding carboxylic acids is 3. The number of rotatable bonds is 31. The number of amides is 3. The minimum absolute atomic E-state index is 0.0484. The summed E-state index contributed by atoms with van der Waals surface area (Å²) >= 11 is 0. The number of unbranched alkanes of at least 4 members (excludes halogenated alkanes) is 17. The molecule has 0 aliphatic heterocycles. The molecule has 3 amide bonds. The average molecular weight is 612 g/mol. The third kappa shape index (κ3) is 27.6. The van der Waals surface area contributed by atoms with Crippen molar-refractivity contribution in [1.82, 2.24) is 16.0 Å². The highest BCUT2D eigenvalue weighted by Gasteiger charge is 2.21. The van der Waals surface area contributed by atoms with Gasteiger partial charge in [-0.2, -0.15) is 0 Å². The highest BCUT2D eigenvalue weighted by atomic mass is 16.3. The predicted octanol–water partition coefficient (Wildman–Crippen LogP) is 6.74. The summed E-state index contributed by atoms with van der Waals surface area (Å²) < 4.78 is 0.663. The van der Waals surface area contributed by atoms with Crippen LogP contribution in [0.5, 0.6) is 0 Å². The fraction of sp³-hybridized carbons (Fsp3) is 0.914. The Labute approximate surface area is 265 Å². The van der Waals surface area contributed by atoms with E-state index in [2.05, 4.69) is 43.9 Å². The third-order valence-corrected chi connectivity index (χ3v) is 8.29. The Hall–Kier alpha value is -1.67. The van der Waals surface area contributed by atoms with Crippen LogP contribution in [-0.4, -0.2) is 73.8 Å². The van der Waals surface area contributed by atoms with Gasteiger partial charge in [0.15, 0.2) is 6.73 Å². The zero-order valence-corrected chi connectivity index (χ0v) is 28.8. The van der Waals surface area contributed by atoms with Crippen molar-refractivity contribution in [3.05, 3.63) is 0 Å². The van der Waals surface area contributed by atoms with E-state index in [0.29, 0.717) is 30.4 Å². The van der Waals surface area contributed by atoms with Crippen LogP contribution in [0, 0.1) is 0 Å². The van der Waals surface area contributed by atoms with Crippen LogP contribution in [0.25, 0.3) is 0 Å². The number of aliphatic hydroxyl groups excluding tert-OH is 1. The van der Waals surface area contributed by atoms with Gasteiger partial charge in [-0.15, -0.1) is 0 Å². The molecule has 0 bridgehead atoms. The van der Waals surface area contributed by atoms with Crippen molar-refractivity contribution in [3.8, 4) is 0 Å². The molecule has 0 spiro atoms. The molecular formula is C35H71N4O4+. The number of nitrogens with one attached hydrogen (secondary N) is 3. The lowest BCUT2D eigenvalue weighted by atomic mass is 10.1. The maximum atomic E-state index is 12.9. The molecule has 0 fully saturated rings. The number of carbonyl (C=O) groups is 3. The maximum absolute atomic E-state index is 12.9. The molecule has 0 rings (SSSR count). The first kappa shape index (κ1) is 41.3. The molecule has 1 atom stereocenters. The van der Waals surface area contributed by atoms with E-state index >= 15 is 0 Å². The molecule has 0 saturated heterocycles. The van der Waals surface area contributed by atoms with Gasteiger partial charge in [-0.25, -0.2) is 0 Å². The fourth-order valence-electron chi connectivity index (χ4n) is 5.23. The summed E-state index contributed by atoms with van der Waals surface area (Å²) in [5.41, 5.74) is 0. The Morgan fingerprint density at radius 3 is 1.58 bits per heavy atom. The van der Waals surface area contributed by atoms with E-state index in [1.54, 1.807) is 0 Å². The molecule has 8 heteroatoms. The molecule has 4 N–H and O–H groups in total. The largest absolute Gasteiger partial charge is 0.356 e. The Bertz CT molecular complexity index is 687. The highest BCUT2D eigenvalue weighted by molar-refractivity contribution is 5.88. The summed E-state index contributed by atoms with van der Waals surface area (Å²) in [5.74, 6) is -0.323. The summed E-state index contributed by atoms with van der Waals surface area (Å²) in [6.07, 6.45) is 23.9. The van der Waals surface area contributed by atoms with E-state index in [1.165, 1.54) is 77.0 Å². The smallest absolute Gasteiger partial charge is 0.242 e. The molecule has 0 aliphatic carbocycles. The second-order valence-corrected chi connectivity index (χ2v) is 13.2. The molecule has 254 valence electrons. The van der Waals surface area contributed by atoms with E-state index in [-0.39, 0.29) is 30.9 Å². The van der Waals surface area contributed by atoms with Crippen molar-refractivity contribution in [2.45, 2.75) is 168 Å². The summed E-state index contributed by atoms with van der Waals surface area (Å²) in [7, 11) is 4.10. The van der Waals surface area contributed by atoms with Crippen molar-refractivity contribution >= 4 is 17.7 Å². The summed E-state index contributed by atoms with van der Waals surface area (Å²) in [4.78, 5) is 38.1. The summed E-state index contributed by atoms with van der Waals surface area (Å²) in [6.45, 7) is 6.89. The first-order chi connectivity index (χ1) is 20.8. The van der Waals surface area contributed by atoms with Gasteiger partial charge in [0.05, 0.1) is 20.6 Å². The first-order valence-corrected chi connectivity index (χ1v) is 18.0. The minimum Gasteiger partial charge on any atom is -0.356 e. The zero-order chi connectivity index (χ0) is 32.0. The van der Waals surface area contributed by atoms with E-state index in [4.69, 9.17) is 0 Å². The van der Waals surface area contributed by atoms with Crippen LogP contribution in [0.3, 0.4) is 0 Å². The predicted molar refractivity (Wildman–Crippen MR) is 180 cm³/mol. The number of nitrogens with zero attached hydrogens (tertiary/aromatic N) is 1. The molecule has 0 radical (unpaired) electrons. The lowest BCUT2D eigenvalue weighted by Gasteiger charge is -2.26. The number of hydrogen-bond donors (Lipinski definition) is 4. The number of quaternary nitrogens is 1. The van der Waals surface area contributed by atoms with Crippen molar-refractivity contribution in [3.63, 3.8) is 0 Å². The van der Waals surface area contributed by atoms with Gasteiger partial charge < -0.3 is 25.5 Å². The normalized spacial score (nSPS) is 12.2. The standard InChI is InChI=1S/C35H70N4O4/c1-5-7-9-11-18-22-28-36-33(41)27-26-32(35(43)37-29-23-19-12-10-8-6-2)38-34(42)25-21-17-15-13-14-16-20-24-30-39(3,4)31-40/h32,40H,5-31H2,1-4H3,(H2-,36,37,38,41,42,43)/p+1. The van der Waals surface area contributed by atoms with Crippen LogP contribution in [0.15, 0.2) is 0 Å². The molecule has 0 aromatic carbocycles. The first-order valence-electron chi connectivity index (χ1n) is 18.0. The molecular weight excluding hydrogens is 540 g/mol. The fourth-order valence-corrected chi connectivity index (χ4v) is 5.23. The molecule has 8 nitrogen and oxygen atoms in total. The third-order valence-electron chi connectivity index (χ3n) is 8.29. The summed E-state index contributed by atoms with van der Waals surface area (Å²) in [6, 6.07) is -0.665. The molecule has 0 aromatic rings. The van der Waals surface area contributed by atoms with Crippen molar-refractivity contribution in [2.24, 2.45) is 0 Å². The van der Waals surface area contributed by atoms with Gasteiger partial charge in [0, 0.05) is 25.9 Å². The Kier molecular flexibility index (Phi) is 27.9. The highest BCUT2D eigenvalue weighted by Crippen LogP contribution is 2.12. The van der Waals surface area contributed by atoms with Crippen LogP contribution in [-0.2, 0) is 14.4 Å². The lowest BCUT2D eigenvalue weighted by molar-refractivity contribution is -0.909. The quantitative estimate of drug-likeness (QED) is 0.0396. The minimum atomic E-state index is -0.665. The monoisotopic (exact) mass is 612 g/mol. The van der Waals surface area contributed by atoms with Gasteiger partial charge in [0.1, 0.15) is 6.04 Å². The van der Waals surface area contributed by atoms with Crippen LogP contribution in [0.4, 0.5) is 0 Å². The Morgan fingerprint density at radius 1 is 0.581 bits per heavy atom. The molecule has 0 aliphatic rings. The SMILES string of the molecule is CCCCCCCCNC(=O)CCC(NC(=O)CCCCCCCCCC[N+](C)(C)CO)C(=O)NCCCCCCCC. The van der Waals surface area contributed by atoms with Gasteiger partial charge in [-0.1, -0.05) is 110 Å². The summed E-state index contributed by atoms with van der Waals surface area (Å²) in [5, 5.41) is 18.2. The zero-order valence-electron chi connectivity index (χ0n) is 28.8.